The van der Waals surface area contributed by atoms with Crippen molar-refractivity contribution in [1.29, 1.82) is 0 Å². The van der Waals surface area contributed by atoms with E-state index in [1.165, 1.54) is 40.7 Å². The molecular formula is C40H54O. The molecule has 0 aliphatic heterocycles. The third-order valence-electron chi connectivity index (χ3n) is 8.31. The van der Waals surface area contributed by atoms with E-state index in [4.69, 9.17) is 0 Å². The molecule has 2 aliphatic rings. The molecule has 0 amide bonds. The molecule has 2 atom stereocenters. The van der Waals surface area contributed by atoms with Gasteiger partial charge in [-0.2, -0.15) is 0 Å². The molecule has 0 aromatic heterocycles. The van der Waals surface area contributed by atoms with Crippen LogP contribution >= 0.6 is 0 Å². The van der Waals surface area contributed by atoms with Gasteiger partial charge in [-0.05, 0) is 71.3 Å². The van der Waals surface area contributed by atoms with Gasteiger partial charge in [0.1, 0.15) is 0 Å². The second-order valence-corrected chi connectivity index (χ2v) is 13.4. The highest BCUT2D eigenvalue weighted by atomic mass is 16.1. The average Bonchev–Trinajstić information content (AvgIpc) is 2.84. The molecule has 0 saturated carbocycles. The Labute approximate surface area is 252 Å². The summed E-state index contributed by atoms with van der Waals surface area (Å²) >= 11 is 0. The quantitative estimate of drug-likeness (QED) is 0.195. The van der Waals surface area contributed by atoms with Gasteiger partial charge in [0.15, 0.2) is 5.78 Å². The fourth-order valence-electron chi connectivity index (χ4n) is 5.80. The lowest BCUT2D eigenvalue weighted by atomic mass is 9.68. The molecule has 220 valence electrons. The van der Waals surface area contributed by atoms with Crippen LogP contribution in [0.2, 0.25) is 0 Å². The smallest absolute Gasteiger partial charge is 0.156 e. The predicted molar refractivity (Wildman–Crippen MR) is 182 cm³/mol. The zero-order valence-electron chi connectivity index (χ0n) is 27.4. The summed E-state index contributed by atoms with van der Waals surface area (Å²) in [6, 6.07) is 0. The molecule has 0 heterocycles. The summed E-state index contributed by atoms with van der Waals surface area (Å²) in [4.78, 5) is 11.9. The first-order valence-corrected chi connectivity index (χ1v) is 15.2. The standard InChI is InChI=1S/C40H54O/c1-30(18-13-20-32(3)23-25-37-34(5)22-15-27-39(37,7)8)16-11-12-17-31(2)19-14-21-33(4)24-26-38-35(6)28-36(41)29-40(38,9)10/h11-14,16-26,28,37-38H,15,27,29H2,1-10H3/b12-11+,18-13+,19-14+,25-23+,26-24+,30-16+,31-17+,32-20+,33-21+/t37-,38-/m0/s1. The van der Waals surface area contributed by atoms with Gasteiger partial charge in [-0.1, -0.05) is 152 Å². The highest BCUT2D eigenvalue weighted by Crippen LogP contribution is 2.42. The van der Waals surface area contributed by atoms with Gasteiger partial charge in [0.25, 0.3) is 0 Å². The summed E-state index contributed by atoms with van der Waals surface area (Å²) < 4.78 is 0. The first kappa shape index (κ1) is 34.0. The van der Waals surface area contributed by atoms with Crippen LogP contribution < -0.4 is 0 Å². The summed E-state index contributed by atoms with van der Waals surface area (Å²) in [7, 11) is 0. The molecule has 0 unspecified atom stereocenters. The van der Waals surface area contributed by atoms with Crippen LogP contribution in [-0.2, 0) is 4.79 Å². The van der Waals surface area contributed by atoms with Gasteiger partial charge >= 0.3 is 0 Å². The van der Waals surface area contributed by atoms with Crippen molar-refractivity contribution < 1.29 is 4.79 Å². The largest absolute Gasteiger partial charge is 0.295 e. The lowest BCUT2D eigenvalue weighted by Crippen LogP contribution is -2.30. The molecular weight excluding hydrogens is 496 g/mol. The van der Waals surface area contributed by atoms with Crippen molar-refractivity contribution in [2.45, 2.75) is 88.5 Å². The monoisotopic (exact) mass is 550 g/mol. The van der Waals surface area contributed by atoms with Crippen LogP contribution in [0.5, 0.6) is 0 Å². The maximum atomic E-state index is 11.9. The Morgan fingerprint density at radius 1 is 0.659 bits per heavy atom. The summed E-state index contributed by atoms with van der Waals surface area (Å²) in [6.07, 6.45) is 37.6. The van der Waals surface area contributed by atoms with Crippen molar-refractivity contribution in [2.75, 3.05) is 0 Å². The zero-order valence-corrected chi connectivity index (χ0v) is 27.4. The van der Waals surface area contributed by atoms with Crippen molar-refractivity contribution in [3.8, 4) is 0 Å². The maximum absolute atomic E-state index is 11.9. The second kappa shape index (κ2) is 15.7. The van der Waals surface area contributed by atoms with E-state index < -0.39 is 0 Å². The predicted octanol–water partition coefficient (Wildman–Crippen LogP) is 11.5. The molecule has 2 aliphatic carbocycles. The molecule has 0 aromatic carbocycles. The van der Waals surface area contributed by atoms with Crippen molar-refractivity contribution in [3.63, 3.8) is 0 Å². The van der Waals surface area contributed by atoms with Crippen LogP contribution in [-0.4, -0.2) is 5.78 Å². The Hall–Kier alpha value is -3.19. The fraction of sp³-hybridized carbons (Fsp3) is 0.425. The molecule has 1 nitrogen and oxygen atoms in total. The number of rotatable bonds is 10. The number of allylic oxidation sites excluding steroid dienone is 22. The highest BCUT2D eigenvalue weighted by Gasteiger charge is 2.34. The number of carbonyl (C=O) groups is 1. The molecule has 2 rings (SSSR count). The lowest BCUT2D eigenvalue weighted by molar-refractivity contribution is -0.117. The second-order valence-electron chi connectivity index (χ2n) is 13.4. The van der Waals surface area contributed by atoms with Crippen LogP contribution in [0.3, 0.4) is 0 Å². The maximum Gasteiger partial charge on any atom is 0.156 e. The average molecular weight is 551 g/mol. The van der Waals surface area contributed by atoms with E-state index in [0.717, 1.165) is 5.57 Å². The Morgan fingerprint density at radius 3 is 1.56 bits per heavy atom. The Kier molecular flexibility index (Phi) is 13.0. The van der Waals surface area contributed by atoms with E-state index in [0.29, 0.717) is 23.7 Å². The number of hydrogen-bond acceptors (Lipinski definition) is 1. The van der Waals surface area contributed by atoms with E-state index in [2.05, 4.69) is 160 Å². The summed E-state index contributed by atoms with van der Waals surface area (Å²) in [5.41, 5.74) is 7.82. The summed E-state index contributed by atoms with van der Waals surface area (Å²) in [5.74, 6) is 1.06. The minimum atomic E-state index is -0.0349. The Morgan fingerprint density at radius 2 is 1.10 bits per heavy atom. The molecule has 0 saturated heterocycles. The fourth-order valence-corrected chi connectivity index (χ4v) is 5.80. The third-order valence-corrected chi connectivity index (χ3v) is 8.31. The van der Waals surface area contributed by atoms with E-state index in [1.807, 2.05) is 6.08 Å². The molecule has 0 spiro atoms. The van der Waals surface area contributed by atoms with Crippen molar-refractivity contribution in [1.82, 2.24) is 0 Å². The molecule has 41 heavy (non-hydrogen) atoms. The molecule has 0 radical (unpaired) electrons. The van der Waals surface area contributed by atoms with E-state index in [9.17, 15) is 4.79 Å². The number of ketones is 1. The lowest BCUT2D eigenvalue weighted by Gasteiger charge is -2.36. The molecule has 1 heteroatoms. The van der Waals surface area contributed by atoms with Gasteiger partial charge in [-0.3, -0.25) is 4.79 Å². The van der Waals surface area contributed by atoms with Gasteiger partial charge < -0.3 is 0 Å². The van der Waals surface area contributed by atoms with Crippen molar-refractivity contribution in [3.05, 3.63) is 131 Å². The van der Waals surface area contributed by atoms with Gasteiger partial charge in [0.05, 0.1) is 0 Å². The SMILES string of the molecule is CC1=CCCC(C)(C)[C@H]1/C=C/C(C)=C/C=C/C(C)=C/C=C/C=C(C)/C=C/C=C(C)/C=C/[C@H]1C(C)=CC(=O)CC1(C)C. The van der Waals surface area contributed by atoms with Crippen molar-refractivity contribution in [2.24, 2.45) is 22.7 Å². The van der Waals surface area contributed by atoms with Gasteiger partial charge in [0, 0.05) is 18.3 Å². The van der Waals surface area contributed by atoms with Crippen LogP contribution in [0.1, 0.15) is 88.5 Å². The van der Waals surface area contributed by atoms with E-state index >= 15 is 0 Å². The molecule has 0 N–H and O–H groups in total. The molecule has 0 fully saturated rings. The van der Waals surface area contributed by atoms with Gasteiger partial charge in [-0.15, -0.1) is 0 Å². The summed E-state index contributed by atoms with van der Waals surface area (Å²) in [6.45, 7) is 22.0. The zero-order chi connectivity index (χ0) is 30.6. The first-order valence-electron chi connectivity index (χ1n) is 15.2. The van der Waals surface area contributed by atoms with Gasteiger partial charge in [-0.25, -0.2) is 0 Å². The first-order chi connectivity index (χ1) is 19.2. The van der Waals surface area contributed by atoms with Crippen LogP contribution in [0.25, 0.3) is 0 Å². The minimum absolute atomic E-state index is 0.0349. The van der Waals surface area contributed by atoms with Crippen LogP contribution in [0.15, 0.2) is 131 Å². The third kappa shape index (κ3) is 11.7. The molecule has 0 bridgehead atoms. The number of carbonyl (C=O) groups excluding carboxylic acids is 1. The summed E-state index contributed by atoms with van der Waals surface area (Å²) in [5, 5.41) is 0. The van der Waals surface area contributed by atoms with Crippen molar-refractivity contribution >= 4 is 5.78 Å². The number of hydrogen-bond donors (Lipinski definition) is 0. The van der Waals surface area contributed by atoms with E-state index in [-0.39, 0.29) is 11.2 Å². The Balaban J connectivity index is 1.88. The van der Waals surface area contributed by atoms with E-state index in [1.54, 1.807) is 0 Å². The highest BCUT2D eigenvalue weighted by molar-refractivity contribution is 5.92. The van der Waals surface area contributed by atoms with Crippen LogP contribution in [0.4, 0.5) is 0 Å². The normalized spacial score (nSPS) is 24.9. The molecule has 0 aromatic rings. The Bertz CT molecular complexity index is 1270. The topological polar surface area (TPSA) is 17.1 Å². The van der Waals surface area contributed by atoms with Crippen LogP contribution in [0, 0.1) is 22.7 Å². The minimum Gasteiger partial charge on any atom is -0.295 e. The van der Waals surface area contributed by atoms with Gasteiger partial charge in [0.2, 0.25) is 0 Å².